The van der Waals surface area contributed by atoms with E-state index in [1.807, 2.05) is 22.7 Å². The molecule has 3 heterocycles. The van der Waals surface area contributed by atoms with Gasteiger partial charge in [-0.2, -0.15) is 0 Å². The van der Waals surface area contributed by atoms with Crippen molar-refractivity contribution in [2.24, 2.45) is 0 Å². The molecule has 0 unspecified atom stereocenters. The summed E-state index contributed by atoms with van der Waals surface area (Å²) in [6.45, 7) is 0. The molecule has 0 N–H and O–H groups in total. The summed E-state index contributed by atoms with van der Waals surface area (Å²) in [5.41, 5.74) is 3.75. The van der Waals surface area contributed by atoms with Crippen molar-refractivity contribution in [3.05, 3.63) is 103 Å². The van der Waals surface area contributed by atoms with Crippen molar-refractivity contribution >= 4 is 84.8 Å². The van der Waals surface area contributed by atoms with Crippen LogP contribution in [0.15, 0.2) is 103 Å². The highest BCUT2D eigenvalue weighted by Crippen LogP contribution is 2.44. The number of rotatable bonds is 1. The molecule has 154 valence electrons. The molecular weight excluding hydrogens is 438 g/mol. The molecule has 0 saturated heterocycles. The van der Waals surface area contributed by atoms with E-state index in [0.717, 1.165) is 0 Å². The molecule has 0 aliphatic heterocycles. The fourth-order valence-corrected chi connectivity index (χ4v) is 7.61. The molecule has 0 atom stereocenters. The van der Waals surface area contributed by atoms with Crippen molar-refractivity contribution < 1.29 is 0 Å². The summed E-state index contributed by atoms with van der Waals surface area (Å²) in [5, 5.41) is 8.08. The first-order chi connectivity index (χ1) is 16.4. The molecule has 33 heavy (non-hydrogen) atoms. The summed E-state index contributed by atoms with van der Waals surface area (Å²) in [6.07, 6.45) is 0. The summed E-state index contributed by atoms with van der Waals surface area (Å²) < 4.78 is 7.83. The van der Waals surface area contributed by atoms with Crippen molar-refractivity contribution in [1.29, 1.82) is 0 Å². The molecule has 0 spiro atoms. The number of thiophene rings is 2. The van der Waals surface area contributed by atoms with Crippen molar-refractivity contribution in [1.82, 2.24) is 4.57 Å². The highest BCUT2D eigenvalue weighted by molar-refractivity contribution is 7.26. The molecular formula is C30H17NS2. The van der Waals surface area contributed by atoms with E-state index in [0.29, 0.717) is 0 Å². The minimum Gasteiger partial charge on any atom is -0.309 e. The first-order valence-electron chi connectivity index (χ1n) is 11.1. The molecule has 0 saturated carbocycles. The van der Waals surface area contributed by atoms with Gasteiger partial charge in [-0.25, -0.2) is 0 Å². The highest BCUT2D eigenvalue weighted by Gasteiger charge is 2.18. The lowest BCUT2D eigenvalue weighted by atomic mass is 10.1. The Morgan fingerprint density at radius 2 is 1.06 bits per heavy atom. The normalized spacial score (nSPS) is 12.2. The average Bonchev–Trinajstić information content (AvgIpc) is 3.52. The van der Waals surface area contributed by atoms with Crippen LogP contribution in [0.2, 0.25) is 0 Å². The van der Waals surface area contributed by atoms with Gasteiger partial charge in [0.1, 0.15) is 0 Å². The predicted octanol–water partition coefficient (Wildman–Crippen LogP) is 9.52. The van der Waals surface area contributed by atoms with Crippen LogP contribution in [0.1, 0.15) is 0 Å². The Balaban J connectivity index is 1.55. The summed E-state index contributed by atoms with van der Waals surface area (Å²) in [4.78, 5) is 0. The standard InChI is InChI=1S/C30H17NS2/c1-4-10-23-20(8-1)29-24(14-16-28-30(29)21-9-3-6-12-26(21)33-28)31(23)18-13-15-27-22(17-18)19-7-2-5-11-25(19)32-27/h1-17H. The predicted molar refractivity (Wildman–Crippen MR) is 147 cm³/mol. The SMILES string of the molecule is c1ccc2c(c1)sc1ccc(-n3c4ccccc4c4c5c(ccc43)sc3ccccc35)cc12. The van der Waals surface area contributed by atoms with Gasteiger partial charge in [0.2, 0.25) is 0 Å². The first kappa shape index (κ1) is 17.8. The third-order valence-corrected chi connectivity index (χ3v) is 9.08. The van der Waals surface area contributed by atoms with Gasteiger partial charge in [-0.05, 0) is 48.5 Å². The lowest BCUT2D eigenvalue weighted by molar-refractivity contribution is 1.19. The van der Waals surface area contributed by atoms with Gasteiger partial charge < -0.3 is 4.57 Å². The molecule has 0 aliphatic carbocycles. The average molecular weight is 456 g/mol. The molecule has 0 bridgehead atoms. The van der Waals surface area contributed by atoms with Gasteiger partial charge in [-0.15, -0.1) is 22.7 Å². The summed E-state index contributed by atoms with van der Waals surface area (Å²) >= 11 is 3.76. The second-order valence-corrected chi connectivity index (χ2v) is 10.7. The number of fused-ring (bicyclic) bond motifs is 10. The van der Waals surface area contributed by atoms with E-state index in [9.17, 15) is 0 Å². The molecule has 8 rings (SSSR count). The number of benzene rings is 5. The fraction of sp³-hybridized carbons (Fsp3) is 0. The lowest BCUT2D eigenvalue weighted by Gasteiger charge is -2.08. The minimum absolute atomic E-state index is 1.22. The maximum atomic E-state index is 2.45. The van der Waals surface area contributed by atoms with Gasteiger partial charge in [0.05, 0.1) is 11.0 Å². The number of hydrogen-bond acceptors (Lipinski definition) is 2. The van der Waals surface area contributed by atoms with Gasteiger partial charge in [0.15, 0.2) is 0 Å². The minimum atomic E-state index is 1.22. The van der Waals surface area contributed by atoms with Gasteiger partial charge in [0.25, 0.3) is 0 Å². The number of hydrogen-bond donors (Lipinski definition) is 0. The Bertz CT molecular complexity index is 2030. The third kappa shape index (κ3) is 2.36. The highest BCUT2D eigenvalue weighted by atomic mass is 32.1. The molecule has 3 aromatic heterocycles. The van der Waals surface area contributed by atoms with Crippen molar-refractivity contribution in [3.63, 3.8) is 0 Å². The number of nitrogens with zero attached hydrogens (tertiary/aromatic N) is 1. The van der Waals surface area contributed by atoms with Crippen LogP contribution in [-0.4, -0.2) is 4.57 Å². The molecule has 0 fully saturated rings. The zero-order valence-corrected chi connectivity index (χ0v) is 19.2. The van der Waals surface area contributed by atoms with E-state index in [1.165, 1.54) is 67.8 Å². The van der Waals surface area contributed by atoms with Crippen LogP contribution in [0.25, 0.3) is 67.8 Å². The Labute approximate surface area is 197 Å². The van der Waals surface area contributed by atoms with E-state index in [2.05, 4.69) is 108 Å². The van der Waals surface area contributed by atoms with Gasteiger partial charge in [0, 0.05) is 56.8 Å². The molecule has 0 aliphatic rings. The van der Waals surface area contributed by atoms with E-state index < -0.39 is 0 Å². The lowest BCUT2D eigenvalue weighted by Crippen LogP contribution is -1.93. The smallest absolute Gasteiger partial charge is 0.0548 e. The van der Waals surface area contributed by atoms with E-state index in [-0.39, 0.29) is 0 Å². The number of para-hydroxylation sites is 1. The number of aromatic nitrogens is 1. The van der Waals surface area contributed by atoms with E-state index in [4.69, 9.17) is 0 Å². The quantitative estimate of drug-likeness (QED) is 0.232. The zero-order chi connectivity index (χ0) is 21.5. The monoisotopic (exact) mass is 455 g/mol. The largest absolute Gasteiger partial charge is 0.309 e. The van der Waals surface area contributed by atoms with Crippen LogP contribution in [0, 0.1) is 0 Å². The Morgan fingerprint density at radius 3 is 1.94 bits per heavy atom. The Kier molecular flexibility index (Phi) is 3.48. The third-order valence-electron chi connectivity index (χ3n) is 6.80. The maximum absolute atomic E-state index is 2.45. The van der Waals surface area contributed by atoms with Crippen molar-refractivity contribution in [3.8, 4) is 5.69 Å². The second-order valence-electron chi connectivity index (χ2n) is 8.56. The molecule has 0 radical (unpaired) electrons. The van der Waals surface area contributed by atoms with Gasteiger partial charge in [-0.3, -0.25) is 0 Å². The zero-order valence-electron chi connectivity index (χ0n) is 17.6. The maximum Gasteiger partial charge on any atom is 0.0548 e. The fourth-order valence-electron chi connectivity index (χ4n) is 5.41. The van der Waals surface area contributed by atoms with Gasteiger partial charge in [-0.1, -0.05) is 54.6 Å². The topological polar surface area (TPSA) is 4.93 Å². The van der Waals surface area contributed by atoms with E-state index >= 15 is 0 Å². The van der Waals surface area contributed by atoms with Crippen LogP contribution in [0.4, 0.5) is 0 Å². The Morgan fingerprint density at radius 1 is 0.424 bits per heavy atom. The summed E-state index contributed by atoms with van der Waals surface area (Å²) in [6, 6.07) is 37.9. The van der Waals surface area contributed by atoms with Crippen LogP contribution >= 0.6 is 22.7 Å². The summed E-state index contributed by atoms with van der Waals surface area (Å²) in [5.74, 6) is 0. The van der Waals surface area contributed by atoms with Crippen LogP contribution < -0.4 is 0 Å². The molecule has 0 amide bonds. The first-order valence-corrected chi connectivity index (χ1v) is 12.8. The van der Waals surface area contributed by atoms with Crippen molar-refractivity contribution in [2.75, 3.05) is 0 Å². The Hall–Kier alpha value is -3.66. The van der Waals surface area contributed by atoms with E-state index in [1.54, 1.807) is 0 Å². The summed E-state index contributed by atoms with van der Waals surface area (Å²) in [7, 11) is 0. The molecule has 1 nitrogen and oxygen atoms in total. The van der Waals surface area contributed by atoms with Gasteiger partial charge >= 0.3 is 0 Å². The second kappa shape index (κ2) is 6.44. The van der Waals surface area contributed by atoms with Crippen molar-refractivity contribution in [2.45, 2.75) is 0 Å². The van der Waals surface area contributed by atoms with Crippen LogP contribution in [0.5, 0.6) is 0 Å². The molecule has 3 heteroatoms. The van der Waals surface area contributed by atoms with Crippen LogP contribution in [0.3, 0.4) is 0 Å². The molecule has 5 aromatic carbocycles. The molecule has 8 aromatic rings. The van der Waals surface area contributed by atoms with Crippen LogP contribution in [-0.2, 0) is 0 Å².